The van der Waals surface area contributed by atoms with Gasteiger partial charge < -0.3 is 5.32 Å². The van der Waals surface area contributed by atoms with Crippen LogP contribution in [0.3, 0.4) is 0 Å². The smallest absolute Gasteiger partial charge is 0.0766 e. The summed E-state index contributed by atoms with van der Waals surface area (Å²) in [6.07, 6.45) is 1.82. The maximum absolute atomic E-state index is 4.58. The number of rotatable bonds is 5. The Bertz CT molecular complexity index is 640. The van der Waals surface area contributed by atoms with Gasteiger partial charge in [-0.15, -0.1) is 0 Å². The lowest BCUT2D eigenvalue weighted by Gasteiger charge is -2.19. The molecule has 1 unspecified atom stereocenters. The number of hydrogen-bond donors (Lipinski definition) is 1. The highest BCUT2D eigenvalue weighted by Crippen LogP contribution is 2.30. The zero-order chi connectivity index (χ0) is 15.6. The van der Waals surface area contributed by atoms with Gasteiger partial charge in [-0.05, 0) is 75.8 Å². The summed E-state index contributed by atoms with van der Waals surface area (Å²) in [7, 11) is 4.01. The number of likely N-dealkylation sites (N-methyl/N-ethyl adjacent to an activating group) is 1. The van der Waals surface area contributed by atoms with E-state index >= 15 is 0 Å². The highest BCUT2D eigenvalue weighted by Gasteiger charge is 2.19. The van der Waals surface area contributed by atoms with Crippen LogP contribution in [0, 0.1) is 3.57 Å². The fourth-order valence-corrected chi connectivity index (χ4v) is 4.20. The number of nitrogens with one attached hydrogen (secondary N) is 1. The Balaban J connectivity index is 2.36. The molecule has 3 nitrogen and oxygen atoms in total. The van der Waals surface area contributed by atoms with Crippen molar-refractivity contribution in [3.8, 4) is 0 Å². The second-order valence-electron chi connectivity index (χ2n) is 4.90. The Kier molecular flexibility index (Phi) is 6.28. The van der Waals surface area contributed by atoms with Crippen LogP contribution in [0.25, 0.3) is 0 Å². The van der Waals surface area contributed by atoms with Crippen molar-refractivity contribution in [3.05, 3.63) is 47.7 Å². The average Bonchev–Trinajstić information content (AvgIpc) is 2.74. The Morgan fingerprint density at radius 3 is 2.67 bits per heavy atom. The molecule has 0 amide bonds. The Morgan fingerprint density at radius 1 is 1.38 bits per heavy atom. The molecule has 1 aromatic heterocycles. The van der Waals surface area contributed by atoms with Crippen molar-refractivity contribution in [1.29, 1.82) is 0 Å². The van der Waals surface area contributed by atoms with Crippen LogP contribution >= 0.6 is 54.5 Å². The van der Waals surface area contributed by atoms with E-state index in [2.05, 4.69) is 90.0 Å². The summed E-state index contributed by atoms with van der Waals surface area (Å²) in [6, 6.07) is 6.68. The first-order chi connectivity index (χ1) is 9.97. The van der Waals surface area contributed by atoms with Crippen molar-refractivity contribution >= 4 is 54.5 Å². The molecule has 1 atom stereocenters. The number of aromatic nitrogens is 2. The maximum atomic E-state index is 4.58. The van der Waals surface area contributed by atoms with Crippen LogP contribution < -0.4 is 5.32 Å². The first-order valence-corrected chi connectivity index (χ1v) is 9.46. The van der Waals surface area contributed by atoms with Crippen LogP contribution in [0.15, 0.2) is 27.1 Å². The molecular formula is C15H18Br2IN3. The van der Waals surface area contributed by atoms with Gasteiger partial charge in [-0.2, -0.15) is 5.10 Å². The minimum absolute atomic E-state index is 0.241. The van der Waals surface area contributed by atoms with Crippen LogP contribution in [-0.4, -0.2) is 16.8 Å². The molecule has 0 fully saturated rings. The summed E-state index contributed by atoms with van der Waals surface area (Å²) in [5.74, 6) is 0. The highest BCUT2D eigenvalue weighted by molar-refractivity contribution is 14.1. The molecule has 1 N–H and O–H groups in total. The van der Waals surface area contributed by atoms with Gasteiger partial charge in [0.05, 0.1) is 15.9 Å². The van der Waals surface area contributed by atoms with E-state index < -0.39 is 0 Å². The van der Waals surface area contributed by atoms with Crippen molar-refractivity contribution < 1.29 is 0 Å². The molecule has 2 aromatic rings. The quantitative estimate of drug-likeness (QED) is 0.576. The second-order valence-corrected chi connectivity index (χ2v) is 7.79. The summed E-state index contributed by atoms with van der Waals surface area (Å²) in [4.78, 5) is 0. The van der Waals surface area contributed by atoms with Crippen LogP contribution in [0.1, 0.15) is 29.9 Å². The van der Waals surface area contributed by atoms with Crippen molar-refractivity contribution in [2.75, 3.05) is 7.05 Å². The molecule has 0 saturated carbocycles. The van der Waals surface area contributed by atoms with Crippen molar-refractivity contribution in [3.63, 3.8) is 0 Å². The first kappa shape index (κ1) is 17.4. The predicted molar refractivity (Wildman–Crippen MR) is 103 cm³/mol. The summed E-state index contributed by atoms with van der Waals surface area (Å²) in [5, 5.41) is 8.00. The molecule has 1 heterocycles. The van der Waals surface area contributed by atoms with Crippen LogP contribution in [-0.2, 0) is 19.9 Å². The zero-order valence-electron chi connectivity index (χ0n) is 12.3. The predicted octanol–water partition coefficient (Wildman–Crippen LogP) is 4.62. The molecule has 1 aromatic carbocycles. The van der Waals surface area contributed by atoms with E-state index in [1.165, 1.54) is 14.8 Å². The second kappa shape index (κ2) is 7.57. The highest BCUT2D eigenvalue weighted by atomic mass is 127. The molecule has 114 valence electrons. The number of aryl methyl sites for hydroxylation is 2. The van der Waals surface area contributed by atoms with E-state index in [0.29, 0.717) is 0 Å². The lowest BCUT2D eigenvalue weighted by molar-refractivity contribution is 0.558. The zero-order valence-corrected chi connectivity index (χ0v) is 17.6. The van der Waals surface area contributed by atoms with E-state index in [1.807, 2.05) is 18.8 Å². The molecule has 0 aliphatic heterocycles. The molecule has 0 saturated heterocycles. The third kappa shape index (κ3) is 3.89. The molecule has 0 aliphatic rings. The van der Waals surface area contributed by atoms with E-state index in [1.54, 1.807) is 0 Å². The molecule has 0 spiro atoms. The van der Waals surface area contributed by atoms with Crippen molar-refractivity contribution in [2.24, 2.45) is 7.05 Å². The van der Waals surface area contributed by atoms with E-state index in [9.17, 15) is 0 Å². The van der Waals surface area contributed by atoms with Gasteiger partial charge in [0.25, 0.3) is 0 Å². The monoisotopic (exact) mass is 525 g/mol. The fourth-order valence-electron chi connectivity index (χ4n) is 2.38. The molecule has 2 rings (SSSR count). The van der Waals surface area contributed by atoms with Crippen molar-refractivity contribution in [1.82, 2.24) is 15.1 Å². The van der Waals surface area contributed by atoms with E-state index in [4.69, 9.17) is 0 Å². The van der Waals surface area contributed by atoms with Gasteiger partial charge in [0, 0.05) is 27.6 Å². The standard InChI is InChI=1S/C15H18Br2IN3/c1-4-12-15(17)14(21(3)20-12)8-13(19-2)10-7-9(18)5-6-11(10)16/h5-7,13,19H,4,8H2,1-3H3. The lowest BCUT2D eigenvalue weighted by atomic mass is 10.0. The van der Waals surface area contributed by atoms with Crippen LogP contribution in [0.5, 0.6) is 0 Å². The minimum atomic E-state index is 0.241. The summed E-state index contributed by atoms with van der Waals surface area (Å²) in [5.41, 5.74) is 3.61. The van der Waals surface area contributed by atoms with Gasteiger partial charge in [-0.1, -0.05) is 22.9 Å². The summed E-state index contributed by atoms with van der Waals surface area (Å²) in [6.45, 7) is 2.13. The fraction of sp³-hybridized carbons (Fsp3) is 0.400. The lowest BCUT2D eigenvalue weighted by Crippen LogP contribution is -2.21. The molecule has 0 radical (unpaired) electrons. The molecule has 0 aliphatic carbocycles. The number of nitrogens with zero attached hydrogens (tertiary/aromatic N) is 2. The third-order valence-corrected chi connectivity index (χ3v) is 5.89. The number of hydrogen-bond acceptors (Lipinski definition) is 2. The maximum Gasteiger partial charge on any atom is 0.0766 e. The SMILES string of the molecule is CCc1nn(C)c(CC(NC)c2cc(I)ccc2Br)c1Br. The Labute approximate surface area is 156 Å². The first-order valence-electron chi connectivity index (χ1n) is 6.80. The van der Waals surface area contributed by atoms with Gasteiger partial charge in [-0.25, -0.2) is 0 Å². The topological polar surface area (TPSA) is 29.9 Å². The summed E-state index contributed by atoms with van der Waals surface area (Å²) < 4.78 is 5.49. The Morgan fingerprint density at radius 2 is 2.10 bits per heavy atom. The van der Waals surface area contributed by atoms with Crippen LogP contribution in [0.2, 0.25) is 0 Å². The largest absolute Gasteiger partial charge is 0.313 e. The van der Waals surface area contributed by atoms with Gasteiger partial charge in [-0.3, -0.25) is 4.68 Å². The molecule has 21 heavy (non-hydrogen) atoms. The number of benzene rings is 1. The van der Waals surface area contributed by atoms with Gasteiger partial charge in [0.2, 0.25) is 0 Å². The van der Waals surface area contributed by atoms with Gasteiger partial charge >= 0.3 is 0 Å². The molecule has 6 heteroatoms. The van der Waals surface area contributed by atoms with Gasteiger partial charge in [0.15, 0.2) is 0 Å². The van der Waals surface area contributed by atoms with E-state index in [0.717, 1.165) is 27.5 Å². The van der Waals surface area contributed by atoms with Crippen LogP contribution in [0.4, 0.5) is 0 Å². The third-order valence-electron chi connectivity index (χ3n) is 3.58. The summed E-state index contributed by atoms with van der Waals surface area (Å²) >= 11 is 9.72. The van der Waals surface area contributed by atoms with Crippen molar-refractivity contribution in [2.45, 2.75) is 25.8 Å². The van der Waals surface area contributed by atoms with Gasteiger partial charge in [0.1, 0.15) is 0 Å². The number of halogens is 3. The Hall–Kier alpha value is 0.0800. The van der Waals surface area contributed by atoms with E-state index in [-0.39, 0.29) is 6.04 Å². The molecular weight excluding hydrogens is 509 g/mol. The molecule has 0 bridgehead atoms. The normalized spacial score (nSPS) is 12.7. The minimum Gasteiger partial charge on any atom is -0.313 e. The average molecular weight is 527 g/mol.